The molecule has 2 N–H and O–H groups in total. The number of imidazole rings is 1. The summed E-state index contributed by atoms with van der Waals surface area (Å²) in [7, 11) is 0. The van der Waals surface area contributed by atoms with Crippen LogP contribution in [0.15, 0.2) is 29.1 Å². The van der Waals surface area contributed by atoms with Crippen molar-refractivity contribution < 1.29 is 14.3 Å². The molecule has 3 rings (SSSR count). The first-order valence-electron chi connectivity index (χ1n) is 6.47. The van der Waals surface area contributed by atoms with Crippen molar-refractivity contribution in [3.05, 3.63) is 34.7 Å². The second-order valence-corrected chi connectivity index (χ2v) is 4.41. The summed E-state index contributed by atoms with van der Waals surface area (Å²) < 4.78 is 10.2. The number of carbonyl (C=O) groups excluding carboxylic acids is 1. The van der Waals surface area contributed by atoms with Crippen LogP contribution in [0.1, 0.15) is 6.92 Å². The van der Waals surface area contributed by atoms with Crippen molar-refractivity contribution in [2.45, 2.75) is 6.92 Å². The maximum atomic E-state index is 11.3. The number of hydrogen-bond donors (Lipinski definition) is 2. The molecule has 21 heavy (non-hydrogen) atoms. The summed E-state index contributed by atoms with van der Waals surface area (Å²) in [5.74, 6) is 0.121. The van der Waals surface area contributed by atoms with Crippen molar-refractivity contribution in [1.29, 1.82) is 0 Å². The van der Waals surface area contributed by atoms with Gasteiger partial charge in [-0.25, -0.2) is 14.6 Å². The second-order valence-electron chi connectivity index (χ2n) is 4.41. The van der Waals surface area contributed by atoms with Crippen molar-refractivity contribution in [2.75, 3.05) is 13.2 Å². The highest BCUT2D eigenvalue weighted by atomic mass is 16.6. The lowest BCUT2D eigenvalue weighted by atomic mass is 10.2. The second kappa shape index (κ2) is 5.28. The van der Waals surface area contributed by atoms with Gasteiger partial charge >= 0.3 is 11.7 Å². The maximum Gasteiger partial charge on any atom is 0.344 e. The van der Waals surface area contributed by atoms with E-state index in [0.29, 0.717) is 23.5 Å². The number of nitrogens with one attached hydrogen (secondary N) is 2. The normalized spacial score (nSPS) is 10.9. The number of rotatable bonds is 4. The van der Waals surface area contributed by atoms with Gasteiger partial charge in [0.2, 0.25) is 0 Å². The van der Waals surface area contributed by atoms with Gasteiger partial charge < -0.3 is 14.5 Å². The number of esters is 1. The monoisotopic (exact) mass is 287 g/mol. The Balaban J connectivity index is 1.90. The molecule has 0 aliphatic rings. The highest BCUT2D eigenvalue weighted by Crippen LogP contribution is 2.21. The molecular weight excluding hydrogens is 274 g/mol. The third-order valence-corrected chi connectivity index (χ3v) is 2.93. The van der Waals surface area contributed by atoms with Gasteiger partial charge in [0.05, 0.1) is 17.6 Å². The van der Waals surface area contributed by atoms with E-state index in [1.807, 2.05) is 0 Å². The van der Waals surface area contributed by atoms with Crippen molar-refractivity contribution in [2.24, 2.45) is 0 Å². The molecule has 0 atom stereocenters. The smallest absolute Gasteiger partial charge is 0.344 e. The Kier molecular flexibility index (Phi) is 3.31. The average Bonchev–Trinajstić information content (AvgIpc) is 2.81. The van der Waals surface area contributed by atoms with Gasteiger partial charge in [0.25, 0.3) is 0 Å². The molecule has 0 saturated carbocycles. The van der Waals surface area contributed by atoms with Gasteiger partial charge in [0.1, 0.15) is 5.75 Å². The number of aromatic nitrogens is 3. The molecule has 0 unspecified atom stereocenters. The van der Waals surface area contributed by atoms with Gasteiger partial charge in [0.15, 0.2) is 12.3 Å². The molecule has 0 fully saturated rings. The number of H-pyrrole nitrogens is 2. The molecule has 3 aromatic rings. The van der Waals surface area contributed by atoms with Gasteiger partial charge in [-0.2, -0.15) is 0 Å². The van der Waals surface area contributed by atoms with Gasteiger partial charge in [-0.15, -0.1) is 0 Å². The van der Waals surface area contributed by atoms with Crippen LogP contribution in [0.4, 0.5) is 0 Å². The van der Waals surface area contributed by atoms with Crippen LogP contribution in [0.5, 0.6) is 5.75 Å². The molecule has 0 amide bonds. The quantitative estimate of drug-likeness (QED) is 0.706. The van der Waals surface area contributed by atoms with Gasteiger partial charge in [0, 0.05) is 5.39 Å². The molecule has 2 heterocycles. The van der Waals surface area contributed by atoms with E-state index in [2.05, 4.69) is 15.0 Å². The zero-order valence-corrected chi connectivity index (χ0v) is 11.3. The summed E-state index contributed by atoms with van der Waals surface area (Å²) in [4.78, 5) is 32.1. The zero-order chi connectivity index (χ0) is 14.8. The van der Waals surface area contributed by atoms with Crippen LogP contribution in [0, 0.1) is 0 Å². The highest BCUT2D eigenvalue weighted by Gasteiger charge is 2.06. The van der Waals surface area contributed by atoms with Crippen molar-refractivity contribution >= 4 is 28.0 Å². The topological polar surface area (TPSA) is 97.1 Å². The summed E-state index contributed by atoms with van der Waals surface area (Å²) in [5.41, 5.74) is 1.55. The molecule has 0 aliphatic heterocycles. The predicted octanol–water partition coefficient (Wildman–Crippen LogP) is 1.35. The van der Waals surface area contributed by atoms with E-state index in [0.717, 1.165) is 10.9 Å². The average molecular weight is 287 g/mol. The Hall–Kier alpha value is -2.83. The lowest BCUT2D eigenvalue weighted by Gasteiger charge is -2.06. The minimum atomic E-state index is -0.416. The Bertz CT molecular complexity index is 865. The van der Waals surface area contributed by atoms with E-state index in [4.69, 9.17) is 9.47 Å². The van der Waals surface area contributed by atoms with Crippen molar-refractivity contribution in [1.82, 2.24) is 15.0 Å². The standard InChI is InChI=1S/C14H13N3O4/c1-2-20-12(18)7-21-9-3-4-10-8(5-9)6-11-13(15-10)17-14(19)16-11/h3-6H,2,7H2,1H3,(H2,15,16,17,19). The van der Waals surface area contributed by atoms with E-state index >= 15 is 0 Å². The Morgan fingerprint density at radius 1 is 1.29 bits per heavy atom. The van der Waals surface area contributed by atoms with Gasteiger partial charge in [-0.3, -0.25) is 4.98 Å². The predicted molar refractivity (Wildman–Crippen MR) is 76.3 cm³/mol. The third-order valence-electron chi connectivity index (χ3n) is 2.93. The minimum Gasteiger partial charge on any atom is -0.482 e. The minimum absolute atomic E-state index is 0.143. The molecule has 0 spiro atoms. The van der Waals surface area contributed by atoms with E-state index in [1.165, 1.54) is 0 Å². The number of ether oxygens (including phenoxy) is 2. The number of aromatic amines is 2. The molecule has 0 bridgehead atoms. The molecule has 108 valence electrons. The first-order chi connectivity index (χ1) is 10.2. The van der Waals surface area contributed by atoms with Crippen LogP contribution in [0.25, 0.3) is 22.1 Å². The van der Waals surface area contributed by atoms with E-state index in [-0.39, 0.29) is 12.3 Å². The number of nitrogens with zero attached hydrogens (tertiary/aromatic N) is 1. The first kappa shape index (κ1) is 13.2. The van der Waals surface area contributed by atoms with E-state index in [9.17, 15) is 9.59 Å². The lowest BCUT2D eigenvalue weighted by molar-refractivity contribution is -0.145. The Morgan fingerprint density at radius 3 is 2.95 bits per heavy atom. The summed E-state index contributed by atoms with van der Waals surface area (Å²) in [6.45, 7) is 1.92. The third kappa shape index (κ3) is 2.71. The fraction of sp³-hybridized carbons (Fsp3) is 0.214. The molecule has 7 nitrogen and oxygen atoms in total. The SMILES string of the molecule is CCOC(=O)COc1ccc2nc3[nH]c(=O)[nH]c3cc2c1. The molecule has 0 aliphatic carbocycles. The van der Waals surface area contributed by atoms with E-state index < -0.39 is 5.97 Å². The fourth-order valence-electron chi connectivity index (χ4n) is 2.04. The largest absolute Gasteiger partial charge is 0.482 e. The van der Waals surface area contributed by atoms with Crippen LogP contribution in [-0.2, 0) is 9.53 Å². The summed E-state index contributed by atoms with van der Waals surface area (Å²) in [6, 6.07) is 7.03. The lowest BCUT2D eigenvalue weighted by Crippen LogP contribution is -2.14. The first-order valence-corrected chi connectivity index (χ1v) is 6.47. The molecular formula is C14H13N3O4. The molecule has 7 heteroatoms. The summed E-state index contributed by atoms with van der Waals surface area (Å²) >= 11 is 0. The number of hydrogen-bond acceptors (Lipinski definition) is 5. The maximum absolute atomic E-state index is 11.3. The van der Waals surface area contributed by atoms with Crippen LogP contribution >= 0.6 is 0 Å². The summed E-state index contributed by atoms with van der Waals surface area (Å²) in [5, 5.41) is 0.805. The Morgan fingerprint density at radius 2 is 2.14 bits per heavy atom. The van der Waals surface area contributed by atoms with Gasteiger partial charge in [-0.05, 0) is 31.2 Å². The van der Waals surface area contributed by atoms with Crippen LogP contribution in [0.3, 0.4) is 0 Å². The van der Waals surface area contributed by atoms with Gasteiger partial charge in [-0.1, -0.05) is 0 Å². The highest BCUT2D eigenvalue weighted by molar-refractivity contribution is 5.90. The summed E-state index contributed by atoms with van der Waals surface area (Å²) in [6.07, 6.45) is 0. The molecule has 0 saturated heterocycles. The number of fused-ring (bicyclic) bond motifs is 2. The van der Waals surface area contributed by atoms with Crippen molar-refractivity contribution in [3.8, 4) is 5.75 Å². The molecule has 2 aromatic heterocycles. The van der Waals surface area contributed by atoms with Crippen molar-refractivity contribution in [3.63, 3.8) is 0 Å². The zero-order valence-electron chi connectivity index (χ0n) is 11.3. The van der Waals surface area contributed by atoms with Crippen LogP contribution in [0.2, 0.25) is 0 Å². The fourth-order valence-corrected chi connectivity index (χ4v) is 2.04. The number of carbonyl (C=O) groups is 1. The molecule has 0 radical (unpaired) electrons. The number of benzene rings is 1. The number of pyridine rings is 1. The Labute approximate surface area is 118 Å². The van der Waals surface area contributed by atoms with E-state index in [1.54, 1.807) is 31.2 Å². The van der Waals surface area contributed by atoms with Crippen LogP contribution < -0.4 is 10.4 Å². The molecule has 1 aromatic carbocycles. The van der Waals surface area contributed by atoms with Crippen LogP contribution in [-0.4, -0.2) is 34.1 Å².